The number of allylic oxidation sites excluding steroid dienone is 2. The van der Waals surface area contributed by atoms with Crippen molar-refractivity contribution in [2.24, 2.45) is 34.0 Å². The summed E-state index contributed by atoms with van der Waals surface area (Å²) in [6, 6.07) is 3.72. The molecule has 41 heavy (non-hydrogen) atoms. The molecule has 0 radical (unpaired) electrons. The Hall–Kier alpha value is -1.88. The fourth-order valence-corrected chi connectivity index (χ4v) is 9.54. The summed E-state index contributed by atoms with van der Waals surface area (Å²) in [4.78, 5) is 0. The zero-order valence-electron chi connectivity index (χ0n) is 24.8. The topological polar surface area (TPSA) is 127 Å². The van der Waals surface area contributed by atoms with Gasteiger partial charge in [0.05, 0.1) is 0 Å². The molecule has 3 fully saturated rings. The van der Waals surface area contributed by atoms with Gasteiger partial charge < -0.3 is 8.37 Å². The van der Waals surface area contributed by atoms with Gasteiger partial charge in [0.25, 0.3) is 0 Å². The standard InChI is InChI=1S/C31H46O8S2/c1-21-9-7-15-29(3,4)25(21)14-18-30(5)16-8-17-31(6)26(22(2)10-13-28(30)31)20-23-19-24(38-40(32,33)34)11-12-27(23)39-41(35,36)37/h11-12,19,25-26,28H,1-2,7-10,13-18,20H2,3-6H3,(H,32,33,34)(H,35,36,37)/t25?,26?,28-,30+,31+/m0/s1. The summed E-state index contributed by atoms with van der Waals surface area (Å²) in [5, 5.41) is 0. The van der Waals surface area contributed by atoms with E-state index in [0.717, 1.165) is 63.0 Å². The van der Waals surface area contributed by atoms with E-state index in [1.54, 1.807) is 0 Å². The Kier molecular flexibility index (Phi) is 8.85. The van der Waals surface area contributed by atoms with Crippen molar-refractivity contribution in [3.63, 3.8) is 0 Å². The van der Waals surface area contributed by atoms with Crippen LogP contribution in [0.4, 0.5) is 0 Å². The van der Waals surface area contributed by atoms with Gasteiger partial charge in [-0.1, -0.05) is 58.4 Å². The van der Waals surface area contributed by atoms with Crippen molar-refractivity contribution in [2.45, 2.75) is 98.3 Å². The third kappa shape index (κ3) is 7.20. The summed E-state index contributed by atoms with van der Waals surface area (Å²) >= 11 is 0. The van der Waals surface area contributed by atoms with Crippen LogP contribution in [-0.4, -0.2) is 25.9 Å². The summed E-state index contributed by atoms with van der Waals surface area (Å²) in [5.74, 6) is 0.595. The highest BCUT2D eigenvalue weighted by Gasteiger charge is 2.54. The van der Waals surface area contributed by atoms with Crippen LogP contribution in [0.15, 0.2) is 42.5 Å². The quantitative estimate of drug-likeness (QED) is 0.217. The monoisotopic (exact) mass is 610 g/mol. The molecule has 0 heterocycles. The van der Waals surface area contributed by atoms with Crippen molar-refractivity contribution < 1.29 is 34.3 Å². The first kappa shape index (κ1) is 32.0. The highest BCUT2D eigenvalue weighted by molar-refractivity contribution is 7.81. The molecule has 3 saturated carbocycles. The van der Waals surface area contributed by atoms with E-state index in [9.17, 15) is 25.9 Å². The molecular formula is C31H46O8S2. The number of fused-ring (bicyclic) bond motifs is 1. The Morgan fingerprint density at radius 1 is 0.878 bits per heavy atom. The molecule has 8 nitrogen and oxygen atoms in total. The largest absolute Gasteiger partial charge is 0.446 e. The van der Waals surface area contributed by atoms with Crippen molar-refractivity contribution in [2.75, 3.05) is 0 Å². The molecular weight excluding hydrogens is 564 g/mol. The van der Waals surface area contributed by atoms with Crippen LogP contribution in [0.5, 0.6) is 11.5 Å². The molecule has 0 saturated heterocycles. The van der Waals surface area contributed by atoms with Crippen LogP contribution in [-0.2, 0) is 27.2 Å². The predicted octanol–water partition coefficient (Wildman–Crippen LogP) is 7.53. The van der Waals surface area contributed by atoms with E-state index in [4.69, 9.17) is 4.18 Å². The van der Waals surface area contributed by atoms with E-state index in [2.05, 4.69) is 45.0 Å². The van der Waals surface area contributed by atoms with Crippen LogP contribution in [0, 0.1) is 34.0 Å². The third-order valence-electron chi connectivity index (χ3n) is 10.8. The third-order valence-corrected chi connectivity index (χ3v) is 11.5. The van der Waals surface area contributed by atoms with Crippen LogP contribution >= 0.6 is 0 Å². The Morgan fingerprint density at radius 3 is 2.17 bits per heavy atom. The SMILES string of the molecule is C=C1CCCC(C)(C)C1CC[C@@]1(C)CCC[C@]2(C)C(Cc3cc(OS(=O)(=O)O)ccc3OS(=O)(=O)O)C(=C)CC[C@@H]12. The molecule has 0 spiro atoms. The van der Waals surface area contributed by atoms with Crippen molar-refractivity contribution >= 4 is 20.8 Å². The normalized spacial score (nSPS) is 32.3. The number of hydrogen-bond acceptors (Lipinski definition) is 6. The molecule has 1 aromatic carbocycles. The molecule has 4 rings (SSSR count). The molecule has 1 aromatic rings. The Bertz CT molecular complexity index is 1400. The lowest BCUT2D eigenvalue weighted by atomic mass is 9.45. The molecule has 230 valence electrons. The van der Waals surface area contributed by atoms with Gasteiger partial charge in [0.15, 0.2) is 0 Å². The minimum absolute atomic E-state index is 0.0355. The zero-order valence-corrected chi connectivity index (χ0v) is 26.4. The molecule has 3 aliphatic rings. The van der Waals surface area contributed by atoms with Crippen molar-refractivity contribution in [1.82, 2.24) is 0 Å². The maximum atomic E-state index is 11.6. The van der Waals surface area contributed by atoms with Gasteiger partial charge in [0, 0.05) is 5.56 Å². The Labute approximate surface area is 246 Å². The van der Waals surface area contributed by atoms with Gasteiger partial charge in [-0.2, -0.15) is 16.8 Å². The van der Waals surface area contributed by atoms with Crippen LogP contribution in [0.1, 0.15) is 97.5 Å². The molecule has 0 amide bonds. The van der Waals surface area contributed by atoms with Crippen LogP contribution in [0.3, 0.4) is 0 Å². The minimum Gasteiger partial charge on any atom is -0.362 e. The van der Waals surface area contributed by atoms with Gasteiger partial charge in [0.1, 0.15) is 11.5 Å². The second-order valence-corrected chi connectivity index (χ2v) is 15.9. The number of rotatable bonds is 9. The van der Waals surface area contributed by atoms with E-state index in [1.165, 1.54) is 30.5 Å². The molecule has 5 atom stereocenters. The first-order chi connectivity index (χ1) is 18.8. The summed E-state index contributed by atoms with van der Waals surface area (Å²) in [7, 11) is -9.62. The molecule has 0 aliphatic heterocycles. The van der Waals surface area contributed by atoms with Gasteiger partial charge >= 0.3 is 20.8 Å². The van der Waals surface area contributed by atoms with E-state index in [-0.39, 0.29) is 33.7 Å². The first-order valence-electron chi connectivity index (χ1n) is 14.7. The lowest BCUT2D eigenvalue weighted by Gasteiger charge is -2.59. The first-order valence-corrected chi connectivity index (χ1v) is 17.4. The van der Waals surface area contributed by atoms with Gasteiger partial charge in [-0.25, -0.2) is 0 Å². The van der Waals surface area contributed by atoms with E-state index < -0.39 is 20.8 Å². The van der Waals surface area contributed by atoms with Crippen molar-refractivity contribution in [3.05, 3.63) is 48.1 Å². The number of hydrogen-bond donors (Lipinski definition) is 2. The van der Waals surface area contributed by atoms with E-state index in [1.807, 2.05) is 0 Å². The van der Waals surface area contributed by atoms with Gasteiger partial charge in [-0.15, -0.1) is 0 Å². The van der Waals surface area contributed by atoms with Gasteiger partial charge in [-0.3, -0.25) is 9.11 Å². The highest BCUT2D eigenvalue weighted by Crippen LogP contribution is 2.63. The van der Waals surface area contributed by atoms with Crippen molar-refractivity contribution in [3.8, 4) is 11.5 Å². The maximum absolute atomic E-state index is 11.6. The summed E-state index contributed by atoms with van der Waals surface area (Å²) in [6.07, 6.45) is 11.2. The number of benzene rings is 1. The summed E-state index contributed by atoms with van der Waals surface area (Å²) in [6.45, 7) is 18.4. The lowest BCUT2D eigenvalue weighted by molar-refractivity contribution is -0.0689. The second-order valence-electron chi connectivity index (χ2n) is 13.9. The average Bonchev–Trinajstić information content (AvgIpc) is 2.80. The van der Waals surface area contributed by atoms with Gasteiger partial charge in [-0.05, 0) is 116 Å². The van der Waals surface area contributed by atoms with E-state index in [0.29, 0.717) is 23.8 Å². The van der Waals surface area contributed by atoms with E-state index >= 15 is 0 Å². The van der Waals surface area contributed by atoms with Crippen molar-refractivity contribution in [1.29, 1.82) is 0 Å². The Morgan fingerprint density at radius 2 is 1.54 bits per heavy atom. The Balaban J connectivity index is 1.64. The maximum Gasteiger partial charge on any atom is 0.446 e. The smallest absolute Gasteiger partial charge is 0.362 e. The molecule has 2 N–H and O–H groups in total. The van der Waals surface area contributed by atoms with Crippen LogP contribution < -0.4 is 8.37 Å². The molecule has 2 unspecified atom stereocenters. The highest BCUT2D eigenvalue weighted by atomic mass is 32.3. The molecule has 0 bridgehead atoms. The minimum atomic E-state index is -4.83. The molecule has 0 aromatic heterocycles. The fourth-order valence-electron chi connectivity index (χ4n) is 8.80. The summed E-state index contributed by atoms with van der Waals surface area (Å²) < 4.78 is 74.1. The lowest BCUT2D eigenvalue weighted by Crippen LogP contribution is -2.51. The zero-order chi connectivity index (χ0) is 30.4. The van der Waals surface area contributed by atoms with Crippen LogP contribution in [0.25, 0.3) is 0 Å². The second kappa shape index (κ2) is 11.3. The fraction of sp³-hybridized carbons (Fsp3) is 0.677. The van der Waals surface area contributed by atoms with Crippen LogP contribution in [0.2, 0.25) is 0 Å². The average molecular weight is 611 g/mol. The van der Waals surface area contributed by atoms with Gasteiger partial charge in [0.2, 0.25) is 0 Å². The predicted molar refractivity (Wildman–Crippen MR) is 159 cm³/mol. The summed E-state index contributed by atoms with van der Waals surface area (Å²) in [5.41, 5.74) is 3.06. The molecule has 3 aliphatic carbocycles. The molecule has 10 heteroatoms.